The SMILES string of the molecule is COc1ccc(CN2C(=O)[C@H]3CCCC[C@H]3C2=O)cc1S(=O)(=O)NCc1ccc(N(C)C)cc1. The van der Waals surface area contributed by atoms with Gasteiger partial charge in [-0.1, -0.05) is 31.0 Å². The van der Waals surface area contributed by atoms with Crippen LogP contribution in [0, 0.1) is 11.8 Å². The summed E-state index contributed by atoms with van der Waals surface area (Å²) in [4.78, 5) is 28.9. The number of benzene rings is 2. The maximum Gasteiger partial charge on any atom is 0.244 e. The molecule has 1 saturated carbocycles. The second kappa shape index (κ2) is 9.76. The molecule has 1 aliphatic carbocycles. The minimum Gasteiger partial charge on any atom is -0.495 e. The van der Waals surface area contributed by atoms with Crippen LogP contribution >= 0.6 is 0 Å². The standard InChI is InChI=1S/C25H31N3O5S/c1-27(2)19-11-8-17(9-12-19)15-26-34(31,32)23-14-18(10-13-22(23)33-3)16-28-24(29)20-6-4-5-7-21(20)25(28)30/h8-14,20-21,26H,4-7,15-16H2,1-3H3/t20-,21+. The molecule has 0 radical (unpaired) electrons. The van der Waals surface area contributed by atoms with Crippen LogP contribution in [0.1, 0.15) is 36.8 Å². The number of sulfonamides is 1. The van der Waals surface area contributed by atoms with Gasteiger partial charge in [-0.3, -0.25) is 14.5 Å². The van der Waals surface area contributed by atoms with E-state index in [9.17, 15) is 18.0 Å². The fourth-order valence-corrected chi connectivity index (χ4v) is 6.00. The molecule has 2 aliphatic rings. The van der Waals surface area contributed by atoms with Crippen molar-refractivity contribution in [1.29, 1.82) is 0 Å². The molecule has 2 fully saturated rings. The minimum atomic E-state index is -3.91. The number of rotatable bonds is 8. The van der Waals surface area contributed by atoms with Gasteiger partial charge in [-0.05, 0) is 48.2 Å². The van der Waals surface area contributed by atoms with E-state index in [1.54, 1.807) is 12.1 Å². The van der Waals surface area contributed by atoms with Crippen LogP contribution in [0.15, 0.2) is 47.4 Å². The Morgan fingerprint density at radius 3 is 2.12 bits per heavy atom. The Balaban J connectivity index is 1.52. The number of hydrogen-bond donors (Lipinski definition) is 1. The van der Waals surface area contributed by atoms with Gasteiger partial charge in [0, 0.05) is 26.3 Å². The summed E-state index contributed by atoms with van der Waals surface area (Å²) < 4.78 is 34.2. The largest absolute Gasteiger partial charge is 0.495 e. The Hall–Kier alpha value is -2.91. The quantitative estimate of drug-likeness (QED) is 0.578. The van der Waals surface area contributed by atoms with E-state index in [0.717, 1.165) is 36.9 Å². The van der Waals surface area contributed by atoms with Gasteiger partial charge >= 0.3 is 0 Å². The second-order valence-corrected chi connectivity index (χ2v) is 10.9. The smallest absolute Gasteiger partial charge is 0.244 e. The van der Waals surface area contributed by atoms with Gasteiger partial charge in [0.2, 0.25) is 21.8 Å². The Bertz CT molecular complexity index is 1150. The third-order valence-corrected chi connectivity index (χ3v) is 8.13. The minimum absolute atomic E-state index is 0.0195. The molecule has 1 heterocycles. The lowest BCUT2D eigenvalue weighted by atomic mass is 9.81. The molecule has 182 valence electrons. The molecule has 0 spiro atoms. The molecule has 2 amide bonds. The molecule has 1 aliphatic heterocycles. The first-order valence-electron chi connectivity index (χ1n) is 11.5. The van der Waals surface area contributed by atoms with Gasteiger partial charge in [-0.2, -0.15) is 0 Å². The van der Waals surface area contributed by atoms with Crippen molar-refractivity contribution in [1.82, 2.24) is 9.62 Å². The summed E-state index contributed by atoms with van der Waals surface area (Å²) in [5.41, 5.74) is 2.41. The first kappa shape index (κ1) is 24.2. The van der Waals surface area contributed by atoms with E-state index in [1.807, 2.05) is 43.3 Å². The van der Waals surface area contributed by atoms with Crippen LogP contribution < -0.4 is 14.4 Å². The number of hydrogen-bond acceptors (Lipinski definition) is 6. The second-order valence-electron chi connectivity index (χ2n) is 9.13. The van der Waals surface area contributed by atoms with E-state index < -0.39 is 10.0 Å². The van der Waals surface area contributed by atoms with Crippen molar-refractivity contribution in [2.75, 3.05) is 26.1 Å². The molecule has 2 aromatic carbocycles. The molecule has 0 aromatic heterocycles. The molecular formula is C25H31N3O5S. The molecule has 4 rings (SSSR count). The first-order valence-corrected chi connectivity index (χ1v) is 13.0. The van der Waals surface area contributed by atoms with E-state index in [-0.39, 0.29) is 47.4 Å². The van der Waals surface area contributed by atoms with E-state index >= 15 is 0 Å². The lowest BCUT2D eigenvalue weighted by Gasteiger charge is -2.19. The van der Waals surface area contributed by atoms with Gasteiger partial charge in [0.25, 0.3) is 0 Å². The van der Waals surface area contributed by atoms with Gasteiger partial charge in [0.15, 0.2) is 0 Å². The fraction of sp³-hybridized carbons (Fsp3) is 0.440. The molecule has 1 N–H and O–H groups in total. The molecule has 2 aromatic rings. The van der Waals surface area contributed by atoms with Crippen LogP contribution in [-0.4, -0.2) is 46.3 Å². The van der Waals surface area contributed by atoms with Gasteiger partial charge in [0.1, 0.15) is 10.6 Å². The van der Waals surface area contributed by atoms with E-state index in [0.29, 0.717) is 5.56 Å². The van der Waals surface area contributed by atoms with Gasteiger partial charge in [0.05, 0.1) is 25.5 Å². The maximum atomic E-state index is 13.1. The molecule has 0 bridgehead atoms. The van der Waals surface area contributed by atoms with Crippen LogP contribution in [0.3, 0.4) is 0 Å². The van der Waals surface area contributed by atoms with Crippen molar-refractivity contribution in [3.63, 3.8) is 0 Å². The first-order chi connectivity index (χ1) is 16.2. The Labute approximate surface area is 200 Å². The van der Waals surface area contributed by atoms with Gasteiger partial charge in [-0.25, -0.2) is 13.1 Å². The van der Waals surface area contributed by atoms with Crippen LogP contribution in [0.4, 0.5) is 5.69 Å². The topological polar surface area (TPSA) is 96.0 Å². The van der Waals surface area contributed by atoms with E-state index in [1.165, 1.54) is 18.1 Å². The molecule has 2 atom stereocenters. The molecule has 1 saturated heterocycles. The van der Waals surface area contributed by atoms with Crippen LogP contribution in [0.25, 0.3) is 0 Å². The average molecular weight is 486 g/mol. The number of ether oxygens (including phenoxy) is 1. The van der Waals surface area contributed by atoms with Crippen LogP contribution in [0.5, 0.6) is 5.75 Å². The van der Waals surface area contributed by atoms with Crippen molar-refractivity contribution < 1.29 is 22.7 Å². The number of imide groups is 1. The van der Waals surface area contributed by atoms with Crippen LogP contribution in [0.2, 0.25) is 0 Å². The van der Waals surface area contributed by atoms with E-state index in [4.69, 9.17) is 4.74 Å². The molecule has 34 heavy (non-hydrogen) atoms. The number of nitrogens with zero attached hydrogens (tertiary/aromatic N) is 2. The molecule has 0 unspecified atom stereocenters. The third kappa shape index (κ3) is 4.81. The number of amides is 2. The van der Waals surface area contributed by atoms with Gasteiger partial charge in [-0.15, -0.1) is 0 Å². The highest BCUT2D eigenvalue weighted by atomic mass is 32.2. The summed E-state index contributed by atoms with van der Waals surface area (Å²) in [7, 11) is 1.38. The number of nitrogens with one attached hydrogen (secondary N) is 1. The van der Waals surface area contributed by atoms with Crippen molar-refractivity contribution in [2.24, 2.45) is 11.8 Å². The van der Waals surface area contributed by atoms with E-state index in [2.05, 4.69) is 4.72 Å². The zero-order chi connectivity index (χ0) is 24.5. The zero-order valence-electron chi connectivity index (χ0n) is 19.8. The number of carbonyl (C=O) groups excluding carboxylic acids is 2. The fourth-order valence-electron chi connectivity index (χ4n) is 4.77. The number of likely N-dealkylation sites (tertiary alicyclic amines) is 1. The Morgan fingerprint density at radius 2 is 1.56 bits per heavy atom. The molecular weight excluding hydrogens is 454 g/mol. The average Bonchev–Trinajstić information content (AvgIpc) is 3.08. The number of fused-ring (bicyclic) bond motifs is 1. The Kier molecular flexibility index (Phi) is 6.95. The normalized spacial score (nSPS) is 20.4. The lowest BCUT2D eigenvalue weighted by Crippen LogP contribution is -2.30. The van der Waals surface area contributed by atoms with Crippen molar-refractivity contribution >= 4 is 27.5 Å². The Morgan fingerprint density at radius 1 is 0.971 bits per heavy atom. The summed E-state index contributed by atoms with van der Waals surface area (Å²) in [6.45, 7) is 0.180. The molecule has 9 heteroatoms. The summed E-state index contributed by atoms with van der Waals surface area (Å²) in [6.07, 6.45) is 3.41. The lowest BCUT2D eigenvalue weighted by molar-refractivity contribution is -0.140. The summed E-state index contributed by atoms with van der Waals surface area (Å²) in [5, 5.41) is 0. The summed E-state index contributed by atoms with van der Waals surface area (Å²) in [5.74, 6) is -0.554. The maximum absolute atomic E-state index is 13.1. The summed E-state index contributed by atoms with van der Waals surface area (Å²) in [6, 6.07) is 12.3. The number of anilines is 1. The molecule has 8 nitrogen and oxygen atoms in total. The predicted molar refractivity (Wildman–Crippen MR) is 129 cm³/mol. The van der Waals surface area contributed by atoms with Crippen molar-refractivity contribution in [3.05, 3.63) is 53.6 Å². The number of methoxy groups -OCH3 is 1. The van der Waals surface area contributed by atoms with Crippen molar-refractivity contribution in [3.8, 4) is 5.75 Å². The zero-order valence-corrected chi connectivity index (χ0v) is 20.6. The predicted octanol–water partition coefficient (Wildman–Crippen LogP) is 2.91. The third-order valence-electron chi connectivity index (χ3n) is 6.71. The highest BCUT2D eigenvalue weighted by Crippen LogP contribution is 2.39. The highest BCUT2D eigenvalue weighted by molar-refractivity contribution is 7.89. The highest BCUT2D eigenvalue weighted by Gasteiger charge is 2.47. The number of carbonyl (C=O) groups is 2. The monoisotopic (exact) mass is 485 g/mol. The van der Waals surface area contributed by atoms with Gasteiger partial charge < -0.3 is 9.64 Å². The summed E-state index contributed by atoms with van der Waals surface area (Å²) >= 11 is 0. The van der Waals surface area contributed by atoms with Crippen molar-refractivity contribution in [2.45, 2.75) is 43.7 Å². The van der Waals surface area contributed by atoms with Crippen LogP contribution in [-0.2, 0) is 32.7 Å².